The lowest BCUT2D eigenvalue weighted by atomic mass is 9.80. The molecule has 2 aliphatic heterocycles. The molecule has 5 nitrogen and oxygen atoms in total. The van der Waals surface area contributed by atoms with Crippen molar-refractivity contribution in [2.45, 2.75) is 45.6 Å². The first-order chi connectivity index (χ1) is 15.9. The van der Waals surface area contributed by atoms with E-state index in [1.165, 1.54) is 0 Å². The Kier molecular flexibility index (Phi) is 5.20. The highest BCUT2D eigenvalue weighted by molar-refractivity contribution is 6.55. The van der Waals surface area contributed by atoms with E-state index in [0.29, 0.717) is 23.9 Å². The predicted octanol–water partition coefficient (Wildman–Crippen LogP) is 6.63. The van der Waals surface area contributed by atoms with Gasteiger partial charge in [0.15, 0.2) is 0 Å². The molecule has 0 N–H and O–H groups in total. The molecule has 0 aliphatic carbocycles. The topological polar surface area (TPSA) is 51.1 Å². The van der Waals surface area contributed by atoms with Crippen LogP contribution in [-0.2, 0) is 4.79 Å². The Morgan fingerprint density at radius 2 is 1.70 bits per heavy atom. The molecular weight excluding hydrogens is 412 g/mol. The van der Waals surface area contributed by atoms with Gasteiger partial charge in [0, 0.05) is 11.1 Å². The standard InChI is InChI=1S/C28H28N2O3/c1-5-32-22-15-23-18(2)17-28(3,4)30-26(23)24(16-22)25(27(30)31)29-19-11-13-21(14-12-19)33-20-9-7-6-8-10-20/h6-16,18H,5,17H2,1-4H3. The van der Waals surface area contributed by atoms with Crippen molar-refractivity contribution in [2.24, 2.45) is 4.99 Å². The third-order valence-corrected chi connectivity index (χ3v) is 6.31. The third-order valence-electron chi connectivity index (χ3n) is 6.31. The Balaban J connectivity index is 1.54. The van der Waals surface area contributed by atoms with Crippen LogP contribution in [0.3, 0.4) is 0 Å². The molecule has 2 aliphatic rings. The Morgan fingerprint density at radius 3 is 2.39 bits per heavy atom. The van der Waals surface area contributed by atoms with Crippen LogP contribution in [0.4, 0.5) is 11.4 Å². The van der Waals surface area contributed by atoms with E-state index in [-0.39, 0.29) is 11.4 Å². The number of hydrogen-bond donors (Lipinski definition) is 0. The van der Waals surface area contributed by atoms with Crippen molar-refractivity contribution in [1.82, 2.24) is 0 Å². The van der Waals surface area contributed by atoms with Crippen LogP contribution in [0.2, 0.25) is 0 Å². The lowest BCUT2D eigenvalue weighted by Crippen LogP contribution is -2.50. The molecule has 3 aromatic carbocycles. The minimum Gasteiger partial charge on any atom is -0.494 e. The molecule has 3 aromatic rings. The number of carbonyl (C=O) groups is 1. The first kappa shape index (κ1) is 21.3. The summed E-state index contributed by atoms with van der Waals surface area (Å²) < 4.78 is 11.7. The molecule has 1 atom stereocenters. The molecule has 1 unspecified atom stereocenters. The van der Waals surface area contributed by atoms with Crippen LogP contribution in [-0.4, -0.2) is 23.8 Å². The predicted molar refractivity (Wildman–Crippen MR) is 131 cm³/mol. The average Bonchev–Trinajstić information content (AvgIpc) is 3.07. The molecule has 0 saturated heterocycles. The smallest absolute Gasteiger partial charge is 0.278 e. The third kappa shape index (κ3) is 3.78. The summed E-state index contributed by atoms with van der Waals surface area (Å²) in [5.74, 6) is 2.55. The number of aliphatic imine (C=N–C) groups is 1. The van der Waals surface area contributed by atoms with Gasteiger partial charge in [0.1, 0.15) is 23.0 Å². The highest BCUT2D eigenvalue weighted by Gasteiger charge is 2.48. The molecule has 0 bridgehead atoms. The second kappa shape index (κ2) is 8.07. The van der Waals surface area contributed by atoms with Crippen molar-refractivity contribution >= 4 is 23.0 Å². The number of anilines is 1. The monoisotopic (exact) mass is 440 g/mol. The Morgan fingerprint density at radius 1 is 1.00 bits per heavy atom. The van der Waals surface area contributed by atoms with E-state index < -0.39 is 0 Å². The van der Waals surface area contributed by atoms with Gasteiger partial charge in [-0.15, -0.1) is 0 Å². The van der Waals surface area contributed by atoms with Gasteiger partial charge < -0.3 is 14.4 Å². The van der Waals surface area contributed by atoms with Crippen molar-refractivity contribution < 1.29 is 14.3 Å². The number of nitrogens with zero attached hydrogens (tertiary/aromatic N) is 2. The quantitative estimate of drug-likeness (QED) is 0.447. The van der Waals surface area contributed by atoms with Crippen LogP contribution in [0, 0.1) is 0 Å². The highest BCUT2D eigenvalue weighted by atomic mass is 16.5. The highest BCUT2D eigenvalue weighted by Crippen LogP contribution is 2.50. The molecule has 1 amide bonds. The van der Waals surface area contributed by atoms with Gasteiger partial charge in [0.2, 0.25) is 0 Å². The van der Waals surface area contributed by atoms with Gasteiger partial charge >= 0.3 is 0 Å². The number of rotatable bonds is 5. The normalized spacial score (nSPS) is 19.5. The van der Waals surface area contributed by atoms with Crippen LogP contribution in [0.5, 0.6) is 17.2 Å². The summed E-state index contributed by atoms with van der Waals surface area (Å²) in [5.41, 5.74) is 3.88. The second-order valence-corrected chi connectivity index (χ2v) is 9.27. The summed E-state index contributed by atoms with van der Waals surface area (Å²) in [6, 6.07) is 21.2. The first-order valence-electron chi connectivity index (χ1n) is 11.4. The summed E-state index contributed by atoms with van der Waals surface area (Å²) >= 11 is 0. The average molecular weight is 441 g/mol. The molecule has 2 heterocycles. The van der Waals surface area contributed by atoms with Crippen molar-refractivity contribution in [3.8, 4) is 17.2 Å². The molecule has 0 aromatic heterocycles. The molecule has 5 rings (SSSR count). The molecule has 0 saturated carbocycles. The SMILES string of the molecule is CCOc1cc2c3c(c1)C(C)CC(C)(C)N3C(=O)C2=Nc1ccc(Oc2ccccc2)cc1. The molecule has 0 radical (unpaired) electrons. The molecule has 0 spiro atoms. The zero-order chi connectivity index (χ0) is 23.2. The maximum Gasteiger partial charge on any atom is 0.278 e. The second-order valence-electron chi connectivity index (χ2n) is 9.27. The fourth-order valence-electron chi connectivity index (χ4n) is 4.99. The van der Waals surface area contributed by atoms with Crippen molar-refractivity contribution in [2.75, 3.05) is 11.5 Å². The van der Waals surface area contributed by atoms with Gasteiger partial charge in [-0.2, -0.15) is 0 Å². The maximum atomic E-state index is 13.6. The molecule has 0 fully saturated rings. The number of amides is 1. The van der Waals surface area contributed by atoms with Gasteiger partial charge in [-0.25, -0.2) is 4.99 Å². The zero-order valence-corrected chi connectivity index (χ0v) is 19.5. The fraction of sp³-hybridized carbons (Fsp3) is 0.286. The van der Waals surface area contributed by atoms with Gasteiger partial charge in [-0.05, 0) is 87.2 Å². The fourth-order valence-corrected chi connectivity index (χ4v) is 4.99. The van der Waals surface area contributed by atoms with Crippen molar-refractivity contribution in [1.29, 1.82) is 0 Å². The van der Waals surface area contributed by atoms with Crippen LogP contribution in [0.1, 0.15) is 51.2 Å². The van der Waals surface area contributed by atoms with E-state index in [4.69, 9.17) is 14.5 Å². The zero-order valence-electron chi connectivity index (χ0n) is 19.5. The van der Waals surface area contributed by atoms with E-state index in [9.17, 15) is 4.79 Å². The molecule has 168 valence electrons. The van der Waals surface area contributed by atoms with Crippen LogP contribution in [0.15, 0.2) is 71.7 Å². The van der Waals surface area contributed by atoms with E-state index in [0.717, 1.165) is 40.5 Å². The summed E-state index contributed by atoms with van der Waals surface area (Å²) in [7, 11) is 0. The summed E-state index contributed by atoms with van der Waals surface area (Å²) in [4.78, 5) is 20.3. The van der Waals surface area contributed by atoms with Crippen molar-refractivity contribution in [3.05, 3.63) is 77.9 Å². The number of benzene rings is 3. The first-order valence-corrected chi connectivity index (χ1v) is 11.4. The molecular formula is C28H28N2O3. The summed E-state index contributed by atoms with van der Waals surface area (Å²) in [6.07, 6.45) is 0.888. The van der Waals surface area contributed by atoms with E-state index >= 15 is 0 Å². The van der Waals surface area contributed by atoms with Gasteiger partial charge in [0.05, 0.1) is 18.0 Å². The van der Waals surface area contributed by atoms with Crippen LogP contribution >= 0.6 is 0 Å². The minimum atomic E-state index is -0.282. The van der Waals surface area contributed by atoms with Crippen LogP contribution < -0.4 is 14.4 Å². The van der Waals surface area contributed by atoms with Crippen molar-refractivity contribution in [3.63, 3.8) is 0 Å². The van der Waals surface area contributed by atoms with Gasteiger partial charge in [0.25, 0.3) is 5.91 Å². The van der Waals surface area contributed by atoms with Crippen LogP contribution in [0.25, 0.3) is 0 Å². The Bertz CT molecular complexity index is 1230. The van der Waals surface area contributed by atoms with E-state index in [1.54, 1.807) is 0 Å². The Labute approximate surface area is 194 Å². The number of ether oxygens (including phenoxy) is 2. The lowest BCUT2D eigenvalue weighted by Gasteiger charge is -2.43. The summed E-state index contributed by atoms with van der Waals surface area (Å²) in [6.45, 7) is 9.02. The molecule has 5 heteroatoms. The molecule has 33 heavy (non-hydrogen) atoms. The van der Waals surface area contributed by atoms with E-state index in [2.05, 4.69) is 26.8 Å². The van der Waals surface area contributed by atoms with Gasteiger partial charge in [-0.3, -0.25) is 4.79 Å². The Hall–Kier alpha value is -3.60. The van der Waals surface area contributed by atoms with Gasteiger partial charge in [-0.1, -0.05) is 25.1 Å². The number of para-hydroxylation sites is 1. The number of carbonyl (C=O) groups excluding carboxylic acids is 1. The largest absolute Gasteiger partial charge is 0.494 e. The van der Waals surface area contributed by atoms with E-state index in [1.807, 2.05) is 72.5 Å². The maximum absolute atomic E-state index is 13.6. The lowest BCUT2D eigenvalue weighted by molar-refractivity contribution is -0.113. The summed E-state index contributed by atoms with van der Waals surface area (Å²) in [5, 5.41) is 0. The number of hydrogen-bond acceptors (Lipinski definition) is 4. The minimum absolute atomic E-state index is 0.0542.